The van der Waals surface area contributed by atoms with E-state index in [0.29, 0.717) is 12.1 Å². The first-order valence-electron chi connectivity index (χ1n) is 6.68. The quantitative estimate of drug-likeness (QED) is 0.835. The summed E-state index contributed by atoms with van der Waals surface area (Å²) in [7, 11) is 6.53. The van der Waals surface area contributed by atoms with E-state index in [2.05, 4.69) is 37.0 Å². The Bertz CT molecular complexity index is 382. The van der Waals surface area contributed by atoms with E-state index in [1.807, 2.05) is 0 Å². The second kappa shape index (κ2) is 5.43. The minimum Gasteiger partial charge on any atom is -0.468 e. The van der Waals surface area contributed by atoms with Crippen LogP contribution in [0.2, 0.25) is 0 Å². The predicted molar refractivity (Wildman–Crippen MR) is 73.2 cm³/mol. The van der Waals surface area contributed by atoms with Crippen molar-refractivity contribution in [3.63, 3.8) is 0 Å². The molecule has 0 amide bonds. The van der Waals surface area contributed by atoms with Gasteiger partial charge in [0.05, 0.1) is 12.8 Å². The van der Waals surface area contributed by atoms with Crippen molar-refractivity contribution in [1.82, 2.24) is 9.80 Å². The van der Waals surface area contributed by atoms with Crippen molar-refractivity contribution in [2.45, 2.75) is 37.9 Å². The van der Waals surface area contributed by atoms with Gasteiger partial charge in [-0.3, -0.25) is 4.90 Å². The summed E-state index contributed by atoms with van der Waals surface area (Å²) < 4.78 is 5.52. The van der Waals surface area contributed by atoms with Crippen LogP contribution in [0.5, 0.6) is 0 Å². The van der Waals surface area contributed by atoms with E-state index in [1.165, 1.54) is 19.3 Å². The topological polar surface area (TPSA) is 45.6 Å². The lowest BCUT2D eigenvalue weighted by Crippen LogP contribution is -2.56. The molecule has 102 valence electrons. The summed E-state index contributed by atoms with van der Waals surface area (Å²) in [5.74, 6) is 1.01. The normalized spacial score (nSPS) is 18.3. The lowest BCUT2D eigenvalue weighted by atomic mass is 9.75. The maximum atomic E-state index is 5.59. The molecule has 1 heterocycles. The minimum absolute atomic E-state index is 0.373. The lowest BCUT2D eigenvalue weighted by molar-refractivity contribution is 0.0244. The van der Waals surface area contributed by atoms with Gasteiger partial charge in [0.25, 0.3) is 0 Å². The van der Waals surface area contributed by atoms with Gasteiger partial charge >= 0.3 is 0 Å². The number of nitrogens with two attached hydrogens (primary N) is 1. The van der Waals surface area contributed by atoms with Crippen molar-refractivity contribution in [3.8, 4) is 0 Å². The third-order valence-electron chi connectivity index (χ3n) is 4.17. The first kappa shape index (κ1) is 13.6. The Balaban J connectivity index is 1.90. The fourth-order valence-corrected chi connectivity index (χ4v) is 2.77. The molecule has 1 saturated carbocycles. The Kier molecular flexibility index (Phi) is 4.10. The summed E-state index contributed by atoms with van der Waals surface area (Å²) in [6.07, 6.45) is 5.71. The van der Waals surface area contributed by atoms with E-state index < -0.39 is 0 Å². The number of hydrogen-bond donors (Lipinski definition) is 1. The Morgan fingerprint density at radius 2 is 2.06 bits per heavy atom. The van der Waals surface area contributed by atoms with Crippen LogP contribution >= 0.6 is 0 Å². The van der Waals surface area contributed by atoms with Crippen molar-refractivity contribution in [2.75, 3.05) is 27.7 Å². The zero-order valence-corrected chi connectivity index (χ0v) is 11.8. The van der Waals surface area contributed by atoms with Gasteiger partial charge in [0.15, 0.2) is 0 Å². The summed E-state index contributed by atoms with van der Waals surface area (Å²) in [5.41, 5.74) is 7.03. The minimum atomic E-state index is 0.373. The molecule has 0 radical (unpaired) electrons. The monoisotopic (exact) mass is 251 g/mol. The average molecular weight is 251 g/mol. The molecule has 1 aliphatic rings. The van der Waals surface area contributed by atoms with Crippen molar-refractivity contribution in [3.05, 3.63) is 23.7 Å². The molecule has 4 heteroatoms. The first-order valence-corrected chi connectivity index (χ1v) is 6.68. The maximum Gasteiger partial charge on any atom is 0.118 e. The van der Waals surface area contributed by atoms with Crippen molar-refractivity contribution in [2.24, 2.45) is 5.73 Å². The van der Waals surface area contributed by atoms with Crippen LogP contribution in [0.1, 0.15) is 30.6 Å². The molecule has 1 aromatic heterocycles. The fourth-order valence-electron chi connectivity index (χ4n) is 2.77. The first-order chi connectivity index (χ1) is 8.55. The van der Waals surface area contributed by atoms with Crippen LogP contribution in [0, 0.1) is 0 Å². The molecule has 1 aromatic rings. The van der Waals surface area contributed by atoms with E-state index in [9.17, 15) is 0 Å². The third kappa shape index (κ3) is 2.76. The van der Waals surface area contributed by atoms with Crippen LogP contribution in [-0.4, -0.2) is 43.0 Å². The van der Waals surface area contributed by atoms with E-state index in [0.717, 1.165) is 24.4 Å². The molecule has 18 heavy (non-hydrogen) atoms. The summed E-state index contributed by atoms with van der Waals surface area (Å²) in [4.78, 5) is 4.72. The third-order valence-corrected chi connectivity index (χ3v) is 4.17. The van der Waals surface area contributed by atoms with E-state index in [4.69, 9.17) is 10.2 Å². The van der Waals surface area contributed by atoms with Gasteiger partial charge in [0.1, 0.15) is 5.76 Å². The van der Waals surface area contributed by atoms with E-state index in [-0.39, 0.29) is 0 Å². The van der Waals surface area contributed by atoms with Crippen LogP contribution in [0.15, 0.2) is 16.7 Å². The summed E-state index contributed by atoms with van der Waals surface area (Å²) in [6.45, 7) is 2.50. The molecule has 0 spiro atoms. The molecule has 0 aliphatic heterocycles. The molecule has 1 aliphatic carbocycles. The number of rotatable bonds is 6. The molecule has 0 unspecified atom stereocenters. The summed E-state index contributed by atoms with van der Waals surface area (Å²) >= 11 is 0. The highest BCUT2D eigenvalue weighted by atomic mass is 16.3. The van der Waals surface area contributed by atoms with Gasteiger partial charge in [-0.1, -0.05) is 0 Å². The van der Waals surface area contributed by atoms with Gasteiger partial charge < -0.3 is 15.1 Å². The summed E-state index contributed by atoms with van der Waals surface area (Å²) in [6, 6.07) is 2.06. The van der Waals surface area contributed by atoms with Gasteiger partial charge in [0, 0.05) is 24.2 Å². The van der Waals surface area contributed by atoms with Crippen LogP contribution in [0.4, 0.5) is 0 Å². The molecule has 2 rings (SSSR count). The molecular weight excluding hydrogens is 226 g/mol. The average Bonchev–Trinajstić information content (AvgIpc) is 2.70. The summed E-state index contributed by atoms with van der Waals surface area (Å²) in [5, 5.41) is 0. The van der Waals surface area contributed by atoms with Gasteiger partial charge in [0.2, 0.25) is 0 Å². The van der Waals surface area contributed by atoms with E-state index in [1.54, 1.807) is 6.26 Å². The standard InChI is InChI=1S/C14H25N3O/c1-16(2)14(5-4-6-14)11-17(3)9-13-7-12(8-15)10-18-13/h7,10H,4-6,8-9,11,15H2,1-3H3. The highest BCUT2D eigenvalue weighted by Crippen LogP contribution is 2.36. The van der Waals surface area contributed by atoms with Gasteiger partial charge in [-0.05, 0) is 46.5 Å². The molecule has 0 aromatic carbocycles. The second-order valence-electron chi connectivity index (χ2n) is 5.77. The van der Waals surface area contributed by atoms with Gasteiger partial charge in [-0.2, -0.15) is 0 Å². The largest absolute Gasteiger partial charge is 0.468 e. The zero-order chi connectivity index (χ0) is 13.2. The predicted octanol–water partition coefficient (Wildman–Crippen LogP) is 1.65. The smallest absolute Gasteiger partial charge is 0.118 e. The van der Waals surface area contributed by atoms with Crippen LogP contribution in [0.3, 0.4) is 0 Å². The number of likely N-dealkylation sites (N-methyl/N-ethyl adjacent to an activating group) is 2. The van der Waals surface area contributed by atoms with Crippen molar-refractivity contribution < 1.29 is 4.42 Å². The maximum absolute atomic E-state index is 5.59. The Morgan fingerprint density at radius 1 is 1.33 bits per heavy atom. The van der Waals surface area contributed by atoms with Gasteiger partial charge in [-0.15, -0.1) is 0 Å². The second-order valence-corrected chi connectivity index (χ2v) is 5.77. The highest BCUT2D eigenvalue weighted by molar-refractivity contribution is 5.12. The highest BCUT2D eigenvalue weighted by Gasteiger charge is 2.39. The SMILES string of the molecule is CN(Cc1cc(CN)co1)CC1(N(C)C)CCC1. The Morgan fingerprint density at radius 3 is 2.50 bits per heavy atom. The molecule has 1 fully saturated rings. The molecule has 0 bridgehead atoms. The molecule has 0 saturated heterocycles. The van der Waals surface area contributed by atoms with Crippen LogP contribution in [-0.2, 0) is 13.1 Å². The fraction of sp³-hybridized carbons (Fsp3) is 0.714. The van der Waals surface area contributed by atoms with Crippen LogP contribution in [0.25, 0.3) is 0 Å². The van der Waals surface area contributed by atoms with E-state index >= 15 is 0 Å². The number of hydrogen-bond acceptors (Lipinski definition) is 4. The van der Waals surface area contributed by atoms with Crippen molar-refractivity contribution in [1.29, 1.82) is 0 Å². The molecular formula is C14H25N3O. The van der Waals surface area contributed by atoms with Crippen LogP contribution < -0.4 is 5.73 Å². The lowest BCUT2D eigenvalue weighted by Gasteiger charge is -2.49. The van der Waals surface area contributed by atoms with Gasteiger partial charge in [-0.25, -0.2) is 0 Å². The van der Waals surface area contributed by atoms with Crippen molar-refractivity contribution >= 4 is 0 Å². The number of nitrogens with zero attached hydrogens (tertiary/aromatic N) is 2. The number of furan rings is 1. The zero-order valence-electron chi connectivity index (χ0n) is 11.8. The Hall–Kier alpha value is -0.840. The molecule has 4 nitrogen and oxygen atoms in total. The molecule has 2 N–H and O–H groups in total. The Labute approximate surface area is 110 Å². The molecule has 0 atom stereocenters.